The fraction of sp³-hybridized carbons (Fsp3) is 0.478. The first-order valence-corrected chi connectivity index (χ1v) is 10.9. The van der Waals surface area contributed by atoms with Crippen molar-refractivity contribution in [3.8, 4) is 11.5 Å². The zero-order valence-electron chi connectivity index (χ0n) is 17.3. The van der Waals surface area contributed by atoms with E-state index in [4.69, 9.17) is 32.7 Å². The smallest absolute Gasteiger partial charge is 0.160 e. The SMILES string of the molecule is COc1ccc(CCN2CCN(CCCc3ccc(Cl)c(Cl)c3)CC2)cc1OC. The summed E-state index contributed by atoms with van der Waals surface area (Å²) >= 11 is 12.1. The summed E-state index contributed by atoms with van der Waals surface area (Å²) < 4.78 is 10.7. The molecule has 3 rings (SSSR count). The topological polar surface area (TPSA) is 24.9 Å². The largest absolute Gasteiger partial charge is 0.493 e. The molecule has 0 saturated carbocycles. The van der Waals surface area contributed by atoms with Crippen LogP contribution in [0.15, 0.2) is 36.4 Å². The lowest BCUT2D eigenvalue weighted by Crippen LogP contribution is -2.47. The number of hydrogen-bond donors (Lipinski definition) is 0. The highest BCUT2D eigenvalue weighted by Crippen LogP contribution is 2.28. The highest BCUT2D eigenvalue weighted by Gasteiger charge is 2.16. The van der Waals surface area contributed by atoms with E-state index in [1.807, 2.05) is 18.2 Å². The van der Waals surface area contributed by atoms with E-state index in [9.17, 15) is 0 Å². The van der Waals surface area contributed by atoms with Gasteiger partial charge in [-0.15, -0.1) is 0 Å². The van der Waals surface area contributed by atoms with Gasteiger partial charge in [-0.3, -0.25) is 0 Å². The number of piperazine rings is 1. The van der Waals surface area contributed by atoms with Crippen molar-refractivity contribution in [3.05, 3.63) is 57.6 Å². The summed E-state index contributed by atoms with van der Waals surface area (Å²) in [7, 11) is 3.35. The van der Waals surface area contributed by atoms with Crippen LogP contribution < -0.4 is 9.47 Å². The van der Waals surface area contributed by atoms with Gasteiger partial charge in [-0.05, 0) is 61.2 Å². The Bertz CT molecular complexity index is 792. The fourth-order valence-corrected chi connectivity index (χ4v) is 4.08. The van der Waals surface area contributed by atoms with Crippen LogP contribution in [0.4, 0.5) is 0 Å². The molecule has 0 unspecified atom stereocenters. The van der Waals surface area contributed by atoms with Gasteiger partial charge >= 0.3 is 0 Å². The summed E-state index contributed by atoms with van der Waals surface area (Å²) in [5.74, 6) is 1.59. The highest BCUT2D eigenvalue weighted by atomic mass is 35.5. The van der Waals surface area contributed by atoms with Gasteiger partial charge in [0.25, 0.3) is 0 Å². The number of ether oxygens (including phenoxy) is 2. The zero-order valence-corrected chi connectivity index (χ0v) is 18.8. The number of rotatable bonds is 9. The standard InChI is InChI=1S/C23H30Cl2N2O2/c1-28-22-8-6-19(17-23(22)29-2)9-11-27-14-12-26(13-15-27)10-3-4-18-5-7-20(24)21(25)16-18/h5-8,16-17H,3-4,9-15H2,1-2H3. The minimum absolute atomic E-state index is 0.625. The molecule has 6 heteroatoms. The second-order valence-electron chi connectivity index (χ2n) is 7.47. The van der Waals surface area contributed by atoms with Gasteiger partial charge in [0.05, 0.1) is 24.3 Å². The summed E-state index contributed by atoms with van der Waals surface area (Å²) in [5, 5.41) is 1.27. The van der Waals surface area contributed by atoms with Crippen molar-refractivity contribution in [2.45, 2.75) is 19.3 Å². The highest BCUT2D eigenvalue weighted by molar-refractivity contribution is 6.42. The van der Waals surface area contributed by atoms with Crippen LogP contribution >= 0.6 is 23.2 Å². The average Bonchev–Trinajstić information content (AvgIpc) is 2.75. The van der Waals surface area contributed by atoms with Crippen LogP contribution in [0.5, 0.6) is 11.5 Å². The second-order valence-corrected chi connectivity index (χ2v) is 8.29. The summed E-state index contributed by atoms with van der Waals surface area (Å²) in [6.45, 7) is 6.72. The van der Waals surface area contributed by atoms with Crippen LogP contribution in [-0.2, 0) is 12.8 Å². The van der Waals surface area contributed by atoms with Gasteiger partial charge in [0.15, 0.2) is 11.5 Å². The van der Waals surface area contributed by atoms with Crippen LogP contribution in [0.1, 0.15) is 17.5 Å². The van der Waals surface area contributed by atoms with E-state index >= 15 is 0 Å². The molecule has 0 amide bonds. The third-order valence-electron chi connectivity index (χ3n) is 5.55. The van der Waals surface area contributed by atoms with Gasteiger partial charge in [-0.25, -0.2) is 0 Å². The summed E-state index contributed by atoms with van der Waals surface area (Å²) in [6.07, 6.45) is 3.21. The van der Waals surface area contributed by atoms with Crippen molar-refractivity contribution in [1.82, 2.24) is 9.80 Å². The molecule has 4 nitrogen and oxygen atoms in total. The average molecular weight is 437 g/mol. The molecular weight excluding hydrogens is 407 g/mol. The molecule has 0 spiro atoms. The van der Waals surface area contributed by atoms with E-state index in [1.165, 1.54) is 11.1 Å². The number of benzene rings is 2. The second kappa shape index (κ2) is 11.1. The number of methoxy groups -OCH3 is 2. The molecule has 0 aliphatic carbocycles. The minimum Gasteiger partial charge on any atom is -0.493 e. The Hall–Kier alpha value is -1.46. The maximum atomic E-state index is 6.10. The maximum absolute atomic E-state index is 6.10. The zero-order chi connectivity index (χ0) is 20.6. The van der Waals surface area contributed by atoms with Crippen molar-refractivity contribution < 1.29 is 9.47 Å². The summed E-state index contributed by atoms with van der Waals surface area (Å²) in [4.78, 5) is 5.11. The molecule has 0 radical (unpaired) electrons. The Morgan fingerprint density at radius 2 is 1.34 bits per heavy atom. The molecule has 2 aromatic rings. The first kappa shape index (κ1) is 22.2. The lowest BCUT2D eigenvalue weighted by molar-refractivity contribution is 0.132. The van der Waals surface area contributed by atoms with E-state index in [0.717, 1.165) is 70.0 Å². The normalized spacial score (nSPS) is 15.4. The molecule has 0 aromatic heterocycles. The molecule has 1 heterocycles. The molecular formula is C23H30Cl2N2O2. The van der Waals surface area contributed by atoms with E-state index < -0.39 is 0 Å². The van der Waals surface area contributed by atoms with Crippen molar-refractivity contribution in [2.75, 3.05) is 53.5 Å². The van der Waals surface area contributed by atoms with Gasteiger partial charge in [-0.2, -0.15) is 0 Å². The number of nitrogens with zero attached hydrogens (tertiary/aromatic N) is 2. The van der Waals surface area contributed by atoms with E-state index in [1.54, 1.807) is 14.2 Å². The monoisotopic (exact) mass is 436 g/mol. The first-order valence-electron chi connectivity index (χ1n) is 10.2. The number of halogens is 2. The van der Waals surface area contributed by atoms with Crippen LogP contribution in [0, 0.1) is 0 Å². The minimum atomic E-state index is 0.625. The third-order valence-corrected chi connectivity index (χ3v) is 6.29. The predicted molar refractivity (Wildman–Crippen MR) is 121 cm³/mol. The van der Waals surface area contributed by atoms with E-state index in [0.29, 0.717) is 10.0 Å². The summed E-state index contributed by atoms with van der Waals surface area (Å²) in [5.41, 5.74) is 2.54. The molecule has 1 aliphatic heterocycles. The molecule has 29 heavy (non-hydrogen) atoms. The predicted octanol–water partition coefficient (Wildman–Crippen LogP) is 4.80. The van der Waals surface area contributed by atoms with Crippen molar-refractivity contribution in [1.29, 1.82) is 0 Å². The molecule has 1 fully saturated rings. The molecule has 1 saturated heterocycles. The Labute approximate surface area is 184 Å². The van der Waals surface area contributed by atoms with Crippen molar-refractivity contribution in [2.24, 2.45) is 0 Å². The Morgan fingerprint density at radius 1 is 0.724 bits per heavy atom. The lowest BCUT2D eigenvalue weighted by atomic mass is 10.1. The van der Waals surface area contributed by atoms with Gasteiger partial charge in [0.1, 0.15) is 0 Å². The van der Waals surface area contributed by atoms with Gasteiger partial charge in [0, 0.05) is 32.7 Å². The van der Waals surface area contributed by atoms with E-state index in [2.05, 4.69) is 28.0 Å². The Morgan fingerprint density at radius 3 is 2.00 bits per heavy atom. The van der Waals surface area contributed by atoms with E-state index in [-0.39, 0.29) is 0 Å². The van der Waals surface area contributed by atoms with Crippen molar-refractivity contribution >= 4 is 23.2 Å². The molecule has 0 atom stereocenters. The molecule has 0 bridgehead atoms. The van der Waals surface area contributed by atoms with Crippen LogP contribution in [0.2, 0.25) is 10.0 Å². The van der Waals surface area contributed by atoms with Crippen LogP contribution in [0.25, 0.3) is 0 Å². The maximum Gasteiger partial charge on any atom is 0.160 e. The third kappa shape index (κ3) is 6.51. The van der Waals surface area contributed by atoms with Gasteiger partial charge in [0.2, 0.25) is 0 Å². The number of hydrogen-bond acceptors (Lipinski definition) is 4. The lowest BCUT2D eigenvalue weighted by Gasteiger charge is -2.34. The quantitative estimate of drug-likeness (QED) is 0.563. The Kier molecular flexibility index (Phi) is 8.49. The Balaban J connectivity index is 1.36. The van der Waals surface area contributed by atoms with Gasteiger partial charge < -0.3 is 19.3 Å². The van der Waals surface area contributed by atoms with Crippen LogP contribution in [0.3, 0.4) is 0 Å². The van der Waals surface area contributed by atoms with Gasteiger partial charge in [-0.1, -0.05) is 35.3 Å². The van der Waals surface area contributed by atoms with Crippen LogP contribution in [-0.4, -0.2) is 63.3 Å². The molecule has 0 N–H and O–H groups in total. The molecule has 2 aromatic carbocycles. The molecule has 158 valence electrons. The van der Waals surface area contributed by atoms with Crippen molar-refractivity contribution in [3.63, 3.8) is 0 Å². The fourth-order valence-electron chi connectivity index (χ4n) is 3.76. The summed E-state index contributed by atoms with van der Waals surface area (Å²) in [6, 6.07) is 12.1. The first-order chi connectivity index (χ1) is 14.1. The number of aryl methyl sites for hydroxylation is 1. The molecule has 1 aliphatic rings.